The van der Waals surface area contributed by atoms with Gasteiger partial charge in [-0.05, 0) is 92.3 Å². The Morgan fingerprint density at radius 3 is 2.47 bits per heavy atom. The molecular weight excluding hydrogens is 416 g/mol. The highest BCUT2D eigenvalue weighted by Gasteiger charge is 2.62. The molecule has 0 aromatic carbocycles. The van der Waals surface area contributed by atoms with Crippen molar-refractivity contribution in [1.29, 1.82) is 0 Å². The molecule has 5 aliphatic rings. The molecule has 1 aliphatic heterocycles. The minimum atomic E-state index is -1.50. The van der Waals surface area contributed by atoms with Crippen molar-refractivity contribution in [3.63, 3.8) is 0 Å². The zero-order valence-electron chi connectivity index (χ0n) is 21.2. The van der Waals surface area contributed by atoms with Gasteiger partial charge in [-0.15, -0.1) is 0 Å². The summed E-state index contributed by atoms with van der Waals surface area (Å²) in [6, 6.07) is 0. The number of hydrogen-bond donors (Lipinski definition) is 0. The monoisotopic (exact) mass is 460 g/mol. The molecule has 0 radical (unpaired) electrons. The van der Waals surface area contributed by atoms with Gasteiger partial charge in [-0.3, -0.25) is 4.79 Å². The first-order valence-corrected chi connectivity index (χ1v) is 16.6. The molecule has 3 saturated carbocycles. The average molecular weight is 461 g/mol. The van der Waals surface area contributed by atoms with Gasteiger partial charge in [0.2, 0.25) is 0 Å². The maximum atomic E-state index is 13.7. The van der Waals surface area contributed by atoms with Crippen LogP contribution in [-0.4, -0.2) is 39.7 Å². The number of hydrogen-bond acceptors (Lipinski definition) is 4. The molecule has 5 heteroatoms. The van der Waals surface area contributed by atoms with Gasteiger partial charge in [0, 0.05) is 25.4 Å². The smallest absolute Gasteiger partial charge is 0.183 e. The van der Waals surface area contributed by atoms with E-state index in [1.54, 1.807) is 0 Å². The molecule has 7 atom stereocenters. The van der Waals surface area contributed by atoms with Gasteiger partial charge in [0.25, 0.3) is 0 Å². The van der Waals surface area contributed by atoms with Gasteiger partial charge in [0.1, 0.15) is 0 Å². The fourth-order valence-electron chi connectivity index (χ4n) is 8.57. The first-order valence-electron chi connectivity index (χ1n) is 13.1. The van der Waals surface area contributed by atoms with E-state index in [4.69, 9.17) is 13.9 Å². The number of rotatable bonds is 4. The van der Waals surface area contributed by atoms with Crippen molar-refractivity contribution in [2.45, 2.75) is 91.1 Å². The third kappa shape index (κ3) is 3.61. The second kappa shape index (κ2) is 7.76. The molecule has 180 valence electrons. The number of allylic oxidation sites excluding steroid dienone is 1. The standard InChI is InChI=1S/C27H44O4Si/c1-18(17-31-32(4,5)6)20-7-8-21-24-22(9-10-26(20,21)3)25(2)11-12-27(29-13-14-30-27)16-19(25)15-23(24)28/h15,18,20-22,24H,7-14,16-17H2,1-6H3/t18?,20-,21?,22?,24?,25+,26-/m1/s1. The predicted octanol–water partition coefficient (Wildman–Crippen LogP) is 5.98. The van der Waals surface area contributed by atoms with Crippen molar-refractivity contribution in [3.8, 4) is 0 Å². The van der Waals surface area contributed by atoms with Gasteiger partial charge in [0.15, 0.2) is 19.9 Å². The third-order valence-electron chi connectivity index (χ3n) is 10.3. The van der Waals surface area contributed by atoms with Crippen LogP contribution in [0.25, 0.3) is 0 Å². The topological polar surface area (TPSA) is 44.8 Å². The molecule has 0 aromatic heterocycles. The second-order valence-corrected chi connectivity index (χ2v) is 17.7. The lowest BCUT2D eigenvalue weighted by atomic mass is 9.46. The van der Waals surface area contributed by atoms with Crippen molar-refractivity contribution < 1.29 is 18.7 Å². The molecule has 0 N–H and O–H groups in total. The summed E-state index contributed by atoms with van der Waals surface area (Å²) < 4.78 is 18.4. The molecule has 1 saturated heterocycles. The lowest BCUT2D eigenvalue weighted by molar-refractivity contribution is -0.185. The maximum Gasteiger partial charge on any atom is 0.183 e. The van der Waals surface area contributed by atoms with Crippen LogP contribution in [0.3, 0.4) is 0 Å². The number of carbonyl (C=O) groups excluding carboxylic acids is 1. The van der Waals surface area contributed by atoms with Gasteiger partial charge in [-0.2, -0.15) is 0 Å². The molecule has 0 amide bonds. The van der Waals surface area contributed by atoms with Crippen LogP contribution in [-0.2, 0) is 18.7 Å². The number of carbonyl (C=O) groups is 1. The minimum Gasteiger partial charge on any atom is -0.417 e. The van der Waals surface area contributed by atoms with Crippen molar-refractivity contribution in [3.05, 3.63) is 11.6 Å². The van der Waals surface area contributed by atoms with E-state index >= 15 is 0 Å². The summed E-state index contributed by atoms with van der Waals surface area (Å²) in [4.78, 5) is 13.7. The second-order valence-electron chi connectivity index (χ2n) is 13.1. The zero-order chi connectivity index (χ0) is 22.9. The van der Waals surface area contributed by atoms with Gasteiger partial charge < -0.3 is 13.9 Å². The summed E-state index contributed by atoms with van der Waals surface area (Å²) in [5, 5.41) is 0. The lowest BCUT2D eigenvalue weighted by Crippen LogP contribution is -2.55. The van der Waals surface area contributed by atoms with Gasteiger partial charge in [-0.25, -0.2) is 0 Å². The molecule has 4 nitrogen and oxygen atoms in total. The summed E-state index contributed by atoms with van der Waals surface area (Å²) in [6.45, 7) is 16.5. The van der Waals surface area contributed by atoms with Crippen LogP contribution in [0.15, 0.2) is 11.6 Å². The zero-order valence-corrected chi connectivity index (χ0v) is 22.2. The molecule has 1 heterocycles. The Labute approximate surface area is 196 Å². The maximum absolute atomic E-state index is 13.7. The normalized spacial score (nSPS) is 44.1. The van der Waals surface area contributed by atoms with Crippen LogP contribution in [0.2, 0.25) is 19.6 Å². The summed E-state index contributed by atoms with van der Waals surface area (Å²) in [5.41, 5.74) is 1.71. The van der Waals surface area contributed by atoms with Crippen molar-refractivity contribution >= 4 is 14.1 Å². The van der Waals surface area contributed by atoms with Gasteiger partial charge in [0.05, 0.1) is 13.2 Å². The average Bonchev–Trinajstić information content (AvgIpc) is 3.31. The first kappa shape index (κ1) is 23.3. The number of fused-ring (bicyclic) bond motifs is 5. The molecule has 0 aromatic rings. The van der Waals surface area contributed by atoms with E-state index in [1.165, 1.54) is 31.3 Å². The van der Waals surface area contributed by atoms with Gasteiger partial charge >= 0.3 is 0 Å². The van der Waals surface area contributed by atoms with Crippen molar-refractivity contribution in [2.75, 3.05) is 19.8 Å². The number of ketones is 1. The van der Waals surface area contributed by atoms with Crippen molar-refractivity contribution in [2.24, 2.45) is 40.4 Å². The summed E-state index contributed by atoms with van der Waals surface area (Å²) in [7, 11) is -1.50. The summed E-state index contributed by atoms with van der Waals surface area (Å²) >= 11 is 0. The fraction of sp³-hybridized carbons (Fsp3) is 0.889. The Bertz CT molecular complexity index is 794. The van der Waals surface area contributed by atoms with Crippen LogP contribution in [0.5, 0.6) is 0 Å². The Kier molecular flexibility index (Phi) is 5.64. The van der Waals surface area contributed by atoms with E-state index in [9.17, 15) is 4.79 Å². The lowest BCUT2D eigenvalue weighted by Gasteiger charge is -2.58. The highest BCUT2D eigenvalue weighted by molar-refractivity contribution is 6.69. The molecule has 1 spiro atoms. The van der Waals surface area contributed by atoms with E-state index in [0.29, 0.717) is 42.7 Å². The molecule has 32 heavy (non-hydrogen) atoms. The molecule has 4 fully saturated rings. The quantitative estimate of drug-likeness (QED) is 0.485. The Hall–Kier alpha value is -0.493. The van der Waals surface area contributed by atoms with Crippen LogP contribution >= 0.6 is 0 Å². The first-order chi connectivity index (χ1) is 15.0. The Morgan fingerprint density at radius 2 is 1.78 bits per heavy atom. The fourth-order valence-corrected chi connectivity index (χ4v) is 9.33. The van der Waals surface area contributed by atoms with E-state index in [2.05, 4.69) is 40.4 Å². The van der Waals surface area contributed by atoms with Crippen LogP contribution < -0.4 is 0 Å². The molecular formula is C27H44O4Si. The molecule has 5 rings (SSSR count). The van der Waals surface area contributed by atoms with Crippen LogP contribution in [0.1, 0.15) is 65.7 Å². The van der Waals surface area contributed by atoms with Crippen LogP contribution in [0.4, 0.5) is 0 Å². The summed E-state index contributed by atoms with van der Waals surface area (Å²) in [6.07, 6.45) is 9.79. The Morgan fingerprint density at radius 1 is 1.06 bits per heavy atom. The molecule has 0 bridgehead atoms. The summed E-state index contributed by atoms with van der Waals surface area (Å²) in [5.74, 6) is 2.41. The van der Waals surface area contributed by atoms with Crippen LogP contribution in [0, 0.1) is 40.4 Å². The molecule has 4 unspecified atom stereocenters. The molecule has 4 aliphatic carbocycles. The minimum absolute atomic E-state index is 0.130. The van der Waals surface area contributed by atoms with Crippen molar-refractivity contribution in [1.82, 2.24) is 0 Å². The predicted molar refractivity (Wildman–Crippen MR) is 129 cm³/mol. The van der Waals surface area contributed by atoms with E-state index in [0.717, 1.165) is 25.9 Å². The van der Waals surface area contributed by atoms with Gasteiger partial charge in [-0.1, -0.05) is 26.3 Å². The SMILES string of the molecule is CC(CO[Si](C)(C)C)[C@H]1CCC2C3C(=O)C=C4CC5(CC[C@]4(C)C3CC[C@@]21C)OCCO5. The largest absolute Gasteiger partial charge is 0.417 e. The van der Waals surface area contributed by atoms with E-state index in [1.807, 2.05) is 6.08 Å². The highest BCUT2D eigenvalue weighted by Crippen LogP contribution is 2.67. The Balaban J connectivity index is 1.38. The number of ether oxygens (including phenoxy) is 2. The van der Waals surface area contributed by atoms with E-state index in [-0.39, 0.29) is 16.7 Å². The van der Waals surface area contributed by atoms with E-state index < -0.39 is 14.1 Å². The highest BCUT2D eigenvalue weighted by atomic mass is 28.4. The third-order valence-corrected chi connectivity index (χ3v) is 11.3.